The number of rotatable bonds is 10. The Labute approximate surface area is 269 Å². The summed E-state index contributed by atoms with van der Waals surface area (Å²) in [5.74, 6) is 0.478. The Kier molecular flexibility index (Phi) is 11.1. The van der Waals surface area contributed by atoms with Crippen LogP contribution in [0.25, 0.3) is 17.0 Å². The van der Waals surface area contributed by atoms with E-state index in [0.717, 1.165) is 46.2 Å². The van der Waals surface area contributed by atoms with Crippen molar-refractivity contribution in [3.8, 4) is 0 Å². The lowest BCUT2D eigenvalue weighted by Gasteiger charge is -2.15. The number of benzene rings is 2. The molecule has 4 nitrogen and oxygen atoms in total. The van der Waals surface area contributed by atoms with Crippen LogP contribution in [-0.2, 0) is 6.42 Å². The fourth-order valence-electron chi connectivity index (χ4n) is 4.37. The summed E-state index contributed by atoms with van der Waals surface area (Å²) in [6, 6.07) is 15.4. The molecule has 2 aromatic carbocycles. The van der Waals surface area contributed by atoms with Gasteiger partial charge >= 0.3 is 11.3 Å². The molecule has 2 heterocycles. The maximum Gasteiger partial charge on any atom is 0.340 e. The lowest BCUT2D eigenvalue weighted by Crippen LogP contribution is -2.17. The number of halogens is 1. The van der Waals surface area contributed by atoms with Gasteiger partial charge < -0.3 is 8.83 Å². The molecule has 220 valence electrons. The fraction of sp³-hybridized carbons (Fsp3) is 0.167. The van der Waals surface area contributed by atoms with Gasteiger partial charge in [-0.25, -0.2) is 9.59 Å². The van der Waals surface area contributed by atoms with Gasteiger partial charge in [0.25, 0.3) is 0 Å². The van der Waals surface area contributed by atoms with Gasteiger partial charge in [-0.2, -0.15) is 0 Å². The Balaban J connectivity index is 1.93. The molecule has 43 heavy (non-hydrogen) atoms. The Bertz CT molecular complexity index is 1910. The van der Waals surface area contributed by atoms with Gasteiger partial charge in [-0.3, -0.25) is 0 Å². The van der Waals surface area contributed by atoms with Crippen molar-refractivity contribution in [2.24, 2.45) is 0 Å². The molecule has 0 aliphatic heterocycles. The molecule has 0 unspecified atom stereocenters. The Morgan fingerprint density at radius 3 is 2.28 bits per heavy atom. The van der Waals surface area contributed by atoms with Gasteiger partial charge in [0, 0.05) is 36.5 Å². The van der Waals surface area contributed by atoms with Gasteiger partial charge in [0.2, 0.25) is 0 Å². The zero-order valence-electron chi connectivity index (χ0n) is 24.8. The van der Waals surface area contributed by atoms with Crippen molar-refractivity contribution in [3.05, 3.63) is 149 Å². The lowest BCUT2D eigenvalue weighted by molar-refractivity contribution is 0.481. The molecule has 4 aromatic rings. The second kappa shape index (κ2) is 14.8. The molecule has 7 heteroatoms. The van der Waals surface area contributed by atoms with E-state index in [1.807, 2.05) is 101 Å². The largest absolute Gasteiger partial charge is 0.423 e. The van der Waals surface area contributed by atoms with Crippen molar-refractivity contribution >= 4 is 56.5 Å². The van der Waals surface area contributed by atoms with E-state index in [1.165, 1.54) is 23.5 Å². The number of allylic oxidation sites excluding steroid dienone is 8. The Morgan fingerprint density at radius 2 is 1.58 bits per heavy atom. The third kappa shape index (κ3) is 7.91. The van der Waals surface area contributed by atoms with Crippen molar-refractivity contribution in [3.63, 3.8) is 0 Å². The summed E-state index contributed by atoms with van der Waals surface area (Å²) >= 11 is 6.47. The van der Waals surface area contributed by atoms with Crippen LogP contribution in [0, 0.1) is 6.92 Å². The highest BCUT2D eigenvalue weighted by molar-refractivity contribution is 9.10. The highest BCUT2D eigenvalue weighted by atomic mass is 79.9. The number of hydrogen-bond donors (Lipinski definition) is 0. The first-order valence-corrected chi connectivity index (χ1v) is 16.2. The molecule has 0 amide bonds. The number of hydrogen-bond acceptors (Lipinski definition) is 6. The smallest absolute Gasteiger partial charge is 0.340 e. The average molecular weight is 674 g/mol. The molecule has 0 radical (unpaired) electrons. The first kappa shape index (κ1) is 32.4. The van der Waals surface area contributed by atoms with E-state index in [9.17, 15) is 9.59 Å². The predicted octanol–water partition coefficient (Wildman–Crippen LogP) is 10.7. The van der Waals surface area contributed by atoms with Crippen LogP contribution in [0.3, 0.4) is 0 Å². The van der Waals surface area contributed by atoms with Gasteiger partial charge in [-0.15, -0.1) is 0 Å². The van der Waals surface area contributed by atoms with E-state index in [1.54, 1.807) is 12.1 Å². The SMILES string of the molecule is C=C/C(C)=C(C)\C=C(/C)Sc1c(C)c(/C=C\C=C/C)oc(=O)c1Cc1c(Sc2ccc(Br)cc2)c2ccccc2oc1=O. The summed E-state index contributed by atoms with van der Waals surface area (Å²) in [6.07, 6.45) is 11.4. The van der Waals surface area contributed by atoms with E-state index in [0.29, 0.717) is 22.5 Å². The van der Waals surface area contributed by atoms with Gasteiger partial charge in [-0.1, -0.05) is 88.5 Å². The van der Waals surface area contributed by atoms with Gasteiger partial charge in [0.1, 0.15) is 11.3 Å². The van der Waals surface area contributed by atoms with Gasteiger partial charge in [0.15, 0.2) is 0 Å². The Hall–Kier alpha value is -3.52. The molecule has 2 aromatic heterocycles. The minimum absolute atomic E-state index is 0.0597. The van der Waals surface area contributed by atoms with E-state index in [2.05, 4.69) is 28.6 Å². The first-order valence-electron chi connectivity index (χ1n) is 13.7. The topological polar surface area (TPSA) is 60.4 Å². The van der Waals surface area contributed by atoms with Crippen LogP contribution in [0.2, 0.25) is 0 Å². The van der Waals surface area contributed by atoms with E-state index < -0.39 is 11.3 Å². The van der Waals surface area contributed by atoms with Gasteiger partial charge in [-0.05, 0) is 93.2 Å². The van der Waals surface area contributed by atoms with Crippen LogP contribution in [0.5, 0.6) is 0 Å². The highest BCUT2D eigenvalue weighted by Crippen LogP contribution is 2.39. The molecule has 0 atom stereocenters. The van der Waals surface area contributed by atoms with E-state index >= 15 is 0 Å². The summed E-state index contributed by atoms with van der Waals surface area (Å²) in [5, 5.41) is 0.808. The monoisotopic (exact) mass is 672 g/mol. The summed E-state index contributed by atoms with van der Waals surface area (Å²) in [4.78, 5) is 30.7. The molecule has 0 aliphatic rings. The van der Waals surface area contributed by atoms with Crippen LogP contribution >= 0.6 is 39.5 Å². The second-order valence-electron chi connectivity index (χ2n) is 9.92. The third-order valence-corrected chi connectivity index (χ3v) is 9.74. The Morgan fingerprint density at radius 1 is 0.907 bits per heavy atom. The summed E-state index contributed by atoms with van der Waals surface area (Å²) in [5.41, 5.74) is 3.35. The van der Waals surface area contributed by atoms with Crippen LogP contribution in [0.15, 0.2) is 139 Å². The normalized spacial score (nSPS) is 12.8. The maximum absolute atomic E-state index is 13.7. The minimum atomic E-state index is -0.484. The van der Waals surface area contributed by atoms with Crippen molar-refractivity contribution in [2.45, 2.75) is 55.7 Å². The molecular weight excluding hydrogens is 640 g/mol. The lowest BCUT2D eigenvalue weighted by atomic mass is 10.0. The second-order valence-corrected chi connectivity index (χ2v) is 13.2. The van der Waals surface area contributed by atoms with Crippen LogP contribution in [0.1, 0.15) is 50.1 Å². The first-order chi connectivity index (χ1) is 20.6. The zero-order valence-corrected chi connectivity index (χ0v) is 28.0. The molecule has 0 spiro atoms. The molecule has 0 saturated carbocycles. The number of para-hydroxylation sites is 1. The molecule has 0 saturated heterocycles. The van der Waals surface area contributed by atoms with E-state index in [4.69, 9.17) is 8.83 Å². The van der Waals surface area contributed by atoms with Gasteiger partial charge in [0.05, 0.1) is 11.1 Å². The standard InChI is InChI=1S/C36H33BrO4S2/c1-7-9-10-14-31-25(6)33(42-24(5)20-23(4)22(3)8-2)29(35(38)40-31)21-30-34(43-27-18-16-26(37)17-19-27)28-13-11-12-15-32(28)41-36(30)39/h7-20H,2,21H2,1,3-6H3/b9-7-,14-10-,23-22-,24-20+. The minimum Gasteiger partial charge on any atom is -0.423 e. The van der Waals surface area contributed by atoms with Crippen LogP contribution < -0.4 is 11.3 Å². The average Bonchev–Trinajstić information content (AvgIpc) is 2.99. The third-order valence-electron chi connectivity index (χ3n) is 6.84. The summed E-state index contributed by atoms with van der Waals surface area (Å²) in [6.45, 7) is 13.8. The number of thioether (sulfide) groups is 1. The summed E-state index contributed by atoms with van der Waals surface area (Å²) in [7, 11) is 0. The quantitative estimate of drug-likeness (QED) is 0.0949. The molecule has 0 aliphatic carbocycles. The highest BCUT2D eigenvalue weighted by Gasteiger charge is 2.23. The van der Waals surface area contributed by atoms with Crippen molar-refractivity contribution in [1.82, 2.24) is 0 Å². The van der Waals surface area contributed by atoms with E-state index in [-0.39, 0.29) is 6.42 Å². The fourth-order valence-corrected chi connectivity index (χ4v) is 6.79. The molecule has 4 rings (SSSR count). The van der Waals surface area contributed by atoms with Crippen molar-refractivity contribution in [1.29, 1.82) is 0 Å². The molecule has 0 N–H and O–H groups in total. The number of fused-ring (bicyclic) bond motifs is 1. The predicted molar refractivity (Wildman–Crippen MR) is 185 cm³/mol. The molecule has 0 bridgehead atoms. The summed E-state index contributed by atoms with van der Waals surface area (Å²) < 4.78 is 12.6. The van der Waals surface area contributed by atoms with Crippen LogP contribution in [0.4, 0.5) is 0 Å². The molecular formula is C36H33BrO4S2. The van der Waals surface area contributed by atoms with Crippen molar-refractivity contribution in [2.75, 3.05) is 0 Å². The zero-order chi connectivity index (χ0) is 31.1. The molecule has 0 fully saturated rings. The maximum atomic E-state index is 13.7. The van der Waals surface area contributed by atoms with Crippen molar-refractivity contribution < 1.29 is 8.83 Å². The van der Waals surface area contributed by atoms with Crippen LogP contribution in [-0.4, -0.2) is 0 Å².